The molecule has 0 spiro atoms. The fourth-order valence-corrected chi connectivity index (χ4v) is 2.76. The summed E-state index contributed by atoms with van der Waals surface area (Å²) in [7, 11) is -1.98. The molecule has 0 amide bonds. The van der Waals surface area contributed by atoms with Crippen molar-refractivity contribution in [2.75, 3.05) is 19.3 Å². The third kappa shape index (κ3) is 5.11. The lowest BCUT2D eigenvalue weighted by Gasteiger charge is -2.31. The van der Waals surface area contributed by atoms with Gasteiger partial charge < -0.3 is 5.32 Å². The Morgan fingerprint density at radius 3 is 2.50 bits per heavy atom. The minimum atomic E-state index is -4.14. The Morgan fingerprint density at radius 2 is 1.94 bits per heavy atom. The Hall–Kier alpha value is -0.340. The molecule has 1 aliphatic carbocycles. The zero-order valence-electron chi connectivity index (χ0n) is 10.3. The average Bonchev–Trinajstić information content (AvgIpc) is 2.28. The van der Waals surface area contributed by atoms with E-state index < -0.39 is 22.1 Å². The van der Waals surface area contributed by atoms with E-state index in [2.05, 4.69) is 10.0 Å². The molecule has 0 aromatic carbocycles. The van der Waals surface area contributed by atoms with Gasteiger partial charge in [-0.15, -0.1) is 0 Å². The zero-order chi connectivity index (χ0) is 13.8. The van der Waals surface area contributed by atoms with Crippen molar-refractivity contribution in [2.45, 2.75) is 37.9 Å². The van der Waals surface area contributed by atoms with Crippen LogP contribution in [0.2, 0.25) is 0 Å². The summed E-state index contributed by atoms with van der Waals surface area (Å²) < 4.78 is 62.1. The molecule has 2 unspecified atom stereocenters. The number of hydrogen-bond donors (Lipinski definition) is 2. The molecule has 0 bridgehead atoms. The van der Waals surface area contributed by atoms with E-state index in [-0.39, 0.29) is 31.2 Å². The Morgan fingerprint density at radius 1 is 1.28 bits per heavy atom. The van der Waals surface area contributed by atoms with Crippen LogP contribution in [-0.4, -0.2) is 40.0 Å². The van der Waals surface area contributed by atoms with Gasteiger partial charge in [-0.2, -0.15) is 13.2 Å². The first-order chi connectivity index (χ1) is 8.24. The van der Waals surface area contributed by atoms with Crippen LogP contribution in [0.3, 0.4) is 0 Å². The molecule has 0 radical (unpaired) electrons. The van der Waals surface area contributed by atoms with E-state index in [0.717, 1.165) is 0 Å². The number of hydrogen-bond acceptors (Lipinski definition) is 3. The van der Waals surface area contributed by atoms with Crippen molar-refractivity contribution in [3.63, 3.8) is 0 Å². The summed E-state index contributed by atoms with van der Waals surface area (Å²) in [6.45, 7) is 0.179. The highest BCUT2D eigenvalue weighted by molar-refractivity contribution is 7.89. The van der Waals surface area contributed by atoms with Gasteiger partial charge in [0.1, 0.15) is 0 Å². The minimum absolute atomic E-state index is 0.0447. The van der Waals surface area contributed by atoms with E-state index in [9.17, 15) is 21.6 Å². The van der Waals surface area contributed by atoms with Crippen molar-refractivity contribution in [1.29, 1.82) is 0 Å². The maximum absolute atomic E-state index is 12.5. The predicted molar refractivity (Wildman–Crippen MR) is 62.7 cm³/mol. The summed E-state index contributed by atoms with van der Waals surface area (Å²) in [6, 6.07) is -0.238. The van der Waals surface area contributed by atoms with Crippen LogP contribution in [0.5, 0.6) is 0 Å². The van der Waals surface area contributed by atoms with Crippen molar-refractivity contribution in [1.82, 2.24) is 10.0 Å². The summed E-state index contributed by atoms with van der Waals surface area (Å²) in [5, 5.41) is 2.89. The molecule has 18 heavy (non-hydrogen) atoms. The Balaban J connectivity index is 2.35. The molecule has 0 aromatic rings. The molecular weight excluding hydrogens is 269 g/mol. The quantitative estimate of drug-likeness (QED) is 0.800. The maximum Gasteiger partial charge on any atom is 0.391 e. The molecule has 8 heteroatoms. The third-order valence-corrected chi connectivity index (χ3v) is 4.62. The molecule has 1 fully saturated rings. The normalized spacial score (nSPS) is 26.2. The average molecular weight is 288 g/mol. The summed E-state index contributed by atoms with van der Waals surface area (Å²) in [5.41, 5.74) is 0. The first-order valence-corrected chi connectivity index (χ1v) is 7.61. The highest BCUT2D eigenvalue weighted by Gasteiger charge is 2.41. The van der Waals surface area contributed by atoms with E-state index in [1.54, 1.807) is 0 Å². The summed E-state index contributed by atoms with van der Waals surface area (Å²) >= 11 is 0. The summed E-state index contributed by atoms with van der Waals surface area (Å²) in [5.74, 6) is -1.37. The number of halogens is 3. The predicted octanol–water partition coefficient (Wildman–Crippen LogP) is 1.25. The second-order valence-corrected chi connectivity index (χ2v) is 6.63. The molecule has 1 saturated carbocycles. The van der Waals surface area contributed by atoms with E-state index in [0.29, 0.717) is 12.8 Å². The van der Waals surface area contributed by atoms with Crippen molar-refractivity contribution in [3.8, 4) is 0 Å². The van der Waals surface area contributed by atoms with Gasteiger partial charge in [-0.05, 0) is 26.3 Å². The molecule has 1 aliphatic rings. The second-order valence-electron chi connectivity index (χ2n) is 4.58. The van der Waals surface area contributed by atoms with Crippen LogP contribution in [0.25, 0.3) is 0 Å². The molecule has 2 N–H and O–H groups in total. The zero-order valence-corrected chi connectivity index (χ0v) is 11.1. The Bertz CT molecular complexity index is 357. The van der Waals surface area contributed by atoms with Crippen LogP contribution >= 0.6 is 0 Å². The highest BCUT2D eigenvalue weighted by Crippen LogP contribution is 2.37. The van der Waals surface area contributed by atoms with Gasteiger partial charge in [-0.3, -0.25) is 0 Å². The monoisotopic (exact) mass is 288 g/mol. The molecule has 1 rings (SSSR count). The molecule has 2 atom stereocenters. The van der Waals surface area contributed by atoms with E-state index >= 15 is 0 Å². The van der Waals surface area contributed by atoms with Crippen LogP contribution in [-0.2, 0) is 10.0 Å². The van der Waals surface area contributed by atoms with Crippen LogP contribution in [0.15, 0.2) is 0 Å². The first-order valence-electron chi connectivity index (χ1n) is 5.96. The van der Waals surface area contributed by atoms with Crippen molar-refractivity contribution in [2.24, 2.45) is 5.92 Å². The maximum atomic E-state index is 12.5. The molecule has 0 heterocycles. The van der Waals surface area contributed by atoms with Gasteiger partial charge >= 0.3 is 6.18 Å². The molecule has 0 saturated heterocycles. The Labute approximate surface area is 105 Å². The number of rotatable bonds is 5. The van der Waals surface area contributed by atoms with Crippen molar-refractivity contribution < 1.29 is 21.6 Å². The standard InChI is InChI=1S/C10H19F3N2O2S/c1-14-18(16,17)6-5-15-9-4-2-3-8(7-9)10(11,12)13/h8-9,14-15H,2-7H2,1H3. The van der Waals surface area contributed by atoms with Crippen LogP contribution in [0, 0.1) is 5.92 Å². The number of nitrogens with one attached hydrogen (secondary N) is 2. The van der Waals surface area contributed by atoms with Gasteiger partial charge in [0, 0.05) is 12.6 Å². The number of sulfonamides is 1. The van der Waals surface area contributed by atoms with Gasteiger partial charge in [0.25, 0.3) is 0 Å². The lowest BCUT2D eigenvalue weighted by Crippen LogP contribution is -2.41. The second kappa shape index (κ2) is 6.21. The SMILES string of the molecule is CNS(=O)(=O)CCNC1CCCC(C(F)(F)F)C1. The van der Waals surface area contributed by atoms with Crippen LogP contribution in [0.4, 0.5) is 13.2 Å². The van der Waals surface area contributed by atoms with Gasteiger partial charge in [0.05, 0.1) is 11.7 Å². The molecule has 108 valence electrons. The smallest absolute Gasteiger partial charge is 0.313 e. The van der Waals surface area contributed by atoms with E-state index in [4.69, 9.17) is 0 Å². The molecule has 4 nitrogen and oxygen atoms in total. The van der Waals surface area contributed by atoms with Crippen LogP contribution in [0.1, 0.15) is 25.7 Å². The highest BCUT2D eigenvalue weighted by atomic mass is 32.2. The topological polar surface area (TPSA) is 58.2 Å². The molecular formula is C10H19F3N2O2S. The minimum Gasteiger partial charge on any atom is -0.313 e. The Kier molecular flexibility index (Phi) is 5.42. The molecule has 0 aromatic heterocycles. The van der Waals surface area contributed by atoms with E-state index in [1.165, 1.54) is 7.05 Å². The van der Waals surface area contributed by atoms with Crippen LogP contribution < -0.4 is 10.0 Å². The largest absolute Gasteiger partial charge is 0.391 e. The first kappa shape index (κ1) is 15.7. The van der Waals surface area contributed by atoms with Gasteiger partial charge in [-0.25, -0.2) is 13.1 Å². The van der Waals surface area contributed by atoms with E-state index in [1.807, 2.05) is 0 Å². The fourth-order valence-electron chi connectivity index (χ4n) is 2.17. The summed E-state index contributed by atoms with van der Waals surface area (Å²) in [6.07, 6.45) is -2.72. The summed E-state index contributed by atoms with van der Waals surface area (Å²) in [4.78, 5) is 0. The molecule has 0 aliphatic heterocycles. The third-order valence-electron chi connectivity index (χ3n) is 3.25. The van der Waals surface area contributed by atoms with Crippen molar-refractivity contribution >= 4 is 10.0 Å². The lowest BCUT2D eigenvalue weighted by atomic mass is 9.85. The van der Waals surface area contributed by atoms with Gasteiger partial charge in [-0.1, -0.05) is 6.42 Å². The van der Waals surface area contributed by atoms with Gasteiger partial charge in [0.2, 0.25) is 10.0 Å². The fraction of sp³-hybridized carbons (Fsp3) is 1.00. The van der Waals surface area contributed by atoms with Gasteiger partial charge in [0.15, 0.2) is 0 Å². The number of alkyl halides is 3. The lowest BCUT2D eigenvalue weighted by molar-refractivity contribution is -0.183. The van der Waals surface area contributed by atoms with Crippen molar-refractivity contribution in [3.05, 3.63) is 0 Å².